The van der Waals surface area contributed by atoms with Gasteiger partial charge in [-0.1, -0.05) is 30.3 Å². The van der Waals surface area contributed by atoms with Gasteiger partial charge in [-0.05, 0) is 6.07 Å². The predicted octanol–water partition coefficient (Wildman–Crippen LogP) is 3.95. The molecule has 1 aromatic heterocycles. The van der Waals surface area contributed by atoms with E-state index in [0.717, 1.165) is 17.3 Å². The van der Waals surface area contributed by atoms with Crippen LogP contribution in [0.5, 0.6) is 0 Å². The van der Waals surface area contributed by atoms with Crippen molar-refractivity contribution in [2.24, 2.45) is 5.10 Å². The quantitative estimate of drug-likeness (QED) is 0.299. The second-order valence-electron chi connectivity index (χ2n) is 5.34. The highest BCUT2D eigenvalue weighted by Crippen LogP contribution is 2.24. The zero-order valence-electron chi connectivity index (χ0n) is 14.2. The van der Waals surface area contributed by atoms with Gasteiger partial charge in [-0.2, -0.15) is 5.10 Å². The van der Waals surface area contributed by atoms with Crippen molar-refractivity contribution < 1.29 is 14.5 Å². The Labute approximate surface area is 158 Å². The summed E-state index contributed by atoms with van der Waals surface area (Å²) in [6, 6.07) is 13.6. The molecule has 3 aromatic rings. The van der Waals surface area contributed by atoms with Gasteiger partial charge in [-0.3, -0.25) is 15.5 Å². The van der Waals surface area contributed by atoms with Gasteiger partial charge in [-0.15, -0.1) is 11.3 Å². The number of carbonyl (C=O) groups excluding carboxylic acids is 1. The van der Waals surface area contributed by atoms with Crippen molar-refractivity contribution in [2.75, 3.05) is 12.5 Å². The van der Waals surface area contributed by atoms with E-state index in [1.165, 1.54) is 36.8 Å². The fourth-order valence-corrected chi connectivity index (χ4v) is 2.95. The lowest BCUT2D eigenvalue weighted by molar-refractivity contribution is -0.384. The van der Waals surface area contributed by atoms with E-state index in [1.807, 2.05) is 35.7 Å². The molecule has 0 saturated carbocycles. The lowest BCUT2D eigenvalue weighted by atomic mass is 10.1. The normalized spacial score (nSPS) is 10.7. The van der Waals surface area contributed by atoms with E-state index in [0.29, 0.717) is 10.7 Å². The first-order chi connectivity index (χ1) is 13.1. The van der Waals surface area contributed by atoms with Crippen LogP contribution in [0.3, 0.4) is 0 Å². The molecule has 0 unspecified atom stereocenters. The van der Waals surface area contributed by atoms with Crippen LogP contribution in [0.4, 0.5) is 10.8 Å². The first-order valence-electron chi connectivity index (χ1n) is 7.74. The Morgan fingerprint density at radius 2 is 2.07 bits per heavy atom. The smallest absolute Gasteiger partial charge is 0.338 e. The average molecular weight is 382 g/mol. The van der Waals surface area contributed by atoms with Crippen LogP contribution < -0.4 is 5.43 Å². The highest BCUT2D eigenvalue weighted by Gasteiger charge is 2.14. The first-order valence-corrected chi connectivity index (χ1v) is 8.62. The molecule has 0 aliphatic rings. The van der Waals surface area contributed by atoms with Gasteiger partial charge in [0.15, 0.2) is 0 Å². The molecule has 0 saturated heterocycles. The number of hydrogen-bond donors (Lipinski definition) is 1. The Kier molecular flexibility index (Phi) is 5.53. The second kappa shape index (κ2) is 8.19. The second-order valence-corrected chi connectivity index (χ2v) is 6.19. The molecule has 8 nitrogen and oxygen atoms in total. The molecule has 0 aliphatic carbocycles. The van der Waals surface area contributed by atoms with Gasteiger partial charge < -0.3 is 4.74 Å². The number of hydrogen-bond acceptors (Lipinski definition) is 8. The number of methoxy groups -OCH3 is 1. The number of nitrogens with zero attached hydrogens (tertiary/aromatic N) is 3. The van der Waals surface area contributed by atoms with Crippen molar-refractivity contribution in [3.8, 4) is 11.3 Å². The zero-order chi connectivity index (χ0) is 19.2. The Balaban J connectivity index is 1.76. The van der Waals surface area contributed by atoms with E-state index >= 15 is 0 Å². The lowest BCUT2D eigenvalue weighted by Crippen LogP contribution is -2.03. The average Bonchev–Trinajstić information content (AvgIpc) is 3.16. The van der Waals surface area contributed by atoms with E-state index in [4.69, 9.17) is 0 Å². The summed E-state index contributed by atoms with van der Waals surface area (Å²) in [7, 11) is 1.21. The van der Waals surface area contributed by atoms with Crippen LogP contribution >= 0.6 is 11.3 Å². The lowest BCUT2D eigenvalue weighted by Gasteiger charge is -2.01. The van der Waals surface area contributed by atoms with Gasteiger partial charge in [0, 0.05) is 28.6 Å². The van der Waals surface area contributed by atoms with Crippen LogP contribution in [-0.4, -0.2) is 29.2 Å². The summed E-state index contributed by atoms with van der Waals surface area (Å²) in [5.41, 5.74) is 4.84. The van der Waals surface area contributed by atoms with Crippen LogP contribution in [0, 0.1) is 10.1 Å². The third kappa shape index (κ3) is 4.53. The number of nitrogens with one attached hydrogen (secondary N) is 1. The van der Waals surface area contributed by atoms with Crippen LogP contribution in [0.15, 0.2) is 59.0 Å². The Morgan fingerprint density at radius 3 is 2.78 bits per heavy atom. The minimum absolute atomic E-state index is 0.0776. The fourth-order valence-electron chi connectivity index (χ4n) is 2.28. The molecule has 0 atom stereocenters. The minimum Gasteiger partial charge on any atom is -0.465 e. The highest BCUT2D eigenvalue weighted by molar-refractivity contribution is 7.14. The van der Waals surface area contributed by atoms with E-state index in [1.54, 1.807) is 0 Å². The van der Waals surface area contributed by atoms with Crippen molar-refractivity contribution >= 4 is 34.3 Å². The van der Waals surface area contributed by atoms with Crippen molar-refractivity contribution in [3.05, 3.63) is 75.2 Å². The Morgan fingerprint density at radius 1 is 1.30 bits per heavy atom. The van der Waals surface area contributed by atoms with Crippen molar-refractivity contribution in [3.63, 3.8) is 0 Å². The number of nitro groups is 1. The number of anilines is 1. The topological polar surface area (TPSA) is 107 Å². The molecule has 2 aromatic carbocycles. The maximum absolute atomic E-state index is 11.7. The number of rotatable bonds is 6. The number of hydrazone groups is 1. The van der Waals surface area contributed by atoms with Crippen molar-refractivity contribution in [1.29, 1.82) is 0 Å². The summed E-state index contributed by atoms with van der Waals surface area (Å²) in [6.45, 7) is 0. The van der Waals surface area contributed by atoms with Crippen molar-refractivity contribution in [2.45, 2.75) is 0 Å². The third-order valence-electron chi connectivity index (χ3n) is 3.52. The number of aromatic nitrogens is 1. The van der Waals surface area contributed by atoms with Crippen LogP contribution in [0.2, 0.25) is 0 Å². The standard InChI is InChI=1S/C18H14N4O4S/c1-26-17(23)14-7-12(8-15(9-14)22(24)25)10-19-21-18-20-16(11-27-18)13-5-3-2-4-6-13/h2-11H,1H3,(H,20,21). The number of ether oxygens (including phenoxy) is 1. The molecular weight excluding hydrogens is 368 g/mol. The van der Waals surface area contributed by atoms with Crippen molar-refractivity contribution in [1.82, 2.24) is 4.98 Å². The molecule has 0 bridgehead atoms. The fraction of sp³-hybridized carbons (Fsp3) is 0.0556. The number of non-ortho nitro benzene ring substituents is 1. The third-order valence-corrected chi connectivity index (χ3v) is 4.27. The molecule has 0 amide bonds. The zero-order valence-corrected chi connectivity index (χ0v) is 15.0. The summed E-state index contributed by atoms with van der Waals surface area (Å²) in [6.07, 6.45) is 1.38. The SMILES string of the molecule is COC(=O)c1cc(C=NNc2nc(-c3ccccc3)cs2)cc([N+](=O)[O-])c1. The summed E-state index contributed by atoms with van der Waals surface area (Å²) in [5, 5.41) is 17.5. The molecule has 9 heteroatoms. The number of esters is 1. The maximum Gasteiger partial charge on any atom is 0.338 e. The van der Waals surface area contributed by atoms with Gasteiger partial charge in [0.1, 0.15) is 0 Å². The molecule has 0 fully saturated rings. The number of thiazole rings is 1. The Hall–Kier alpha value is -3.59. The summed E-state index contributed by atoms with van der Waals surface area (Å²) >= 11 is 1.38. The summed E-state index contributed by atoms with van der Waals surface area (Å²) in [5.74, 6) is -0.659. The van der Waals surface area contributed by atoms with E-state index in [9.17, 15) is 14.9 Å². The molecule has 3 rings (SSSR count). The molecule has 1 N–H and O–H groups in total. The van der Waals surface area contributed by atoms with Crippen LogP contribution in [0.1, 0.15) is 15.9 Å². The van der Waals surface area contributed by atoms with Crippen LogP contribution in [-0.2, 0) is 4.74 Å². The molecule has 0 aliphatic heterocycles. The molecule has 1 heterocycles. The number of benzene rings is 2. The van der Waals surface area contributed by atoms with Gasteiger partial charge >= 0.3 is 5.97 Å². The van der Waals surface area contributed by atoms with E-state index in [-0.39, 0.29) is 11.3 Å². The highest BCUT2D eigenvalue weighted by atomic mass is 32.1. The van der Waals surface area contributed by atoms with Gasteiger partial charge in [-0.25, -0.2) is 9.78 Å². The molecule has 0 spiro atoms. The predicted molar refractivity (Wildman–Crippen MR) is 103 cm³/mol. The molecule has 136 valence electrons. The molecule has 0 radical (unpaired) electrons. The van der Waals surface area contributed by atoms with Crippen LogP contribution in [0.25, 0.3) is 11.3 Å². The van der Waals surface area contributed by atoms with Gasteiger partial charge in [0.05, 0.1) is 29.5 Å². The number of nitro benzene ring substituents is 1. The van der Waals surface area contributed by atoms with E-state index in [2.05, 4.69) is 20.2 Å². The largest absolute Gasteiger partial charge is 0.465 e. The van der Waals surface area contributed by atoms with Gasteiger partial charge in [0.25, 0.3) is 5.69 Å². The monoisotopic (exact) mass is 382 g/mol. The van der Waals surface area contributed by atoms with E-state index < -0.39 is 10.9 Å². The summed E-state index contributed by atoms with van der Waals surface area (Å²) in [4.78, 5) is 26.5. The Bertz CT molecular complexity index is 1000. The minimum atomic E-state index is -0.659. The first kappa shape index (κ1) is 18.2. The summed E-state index contributed by atoms with van der Waals surface area (Å²) < 4.78 is 4.61. The van der Waals surface area contributed by atoms with Gasteiger partial charge in [0.2, 0.25) is 5.13 Å². The molecule has 27 heavy (non-hydrogen) atoms. The molecular formula is C18H14N4O4S. The number of carbonyl (C=O) groups is 1. The maximum atomic E-state index is 11.7.